The lowest BCUT2D eigenvalue weighted by molar-refractivity contribution is -0.120. The summed E-state index contributed by atoms with van der Waals surface area (Å²) in [7, 11) is 0. The number of benzene rings is 1. The first-order chi connectivity index (χ1) is 9.15. The Morgan fingerprint density at radius 3 is 2.53 bits per heavy atom. The molecule has 0 spiro atoms. The average Bonchev–Trinajstić information content (AvgIpc) is 2.96. The fourth-order valence-corrected chi connectivity index (χ4v) is 2.00. The van der Waals surface area contributed by atoms with Crippen LogP contribution in [0.2, 0.25) is 0 Å². The van der Waals surface area contributed by atoms with Crippen LogP contribution in [-0.2, 0) is 4.79 Å². The van der Waals surface area contributed by atoms with Crippen molar-refractivity contribution in [1.29, 1.82) is 0 Å². The van der Waals surface area contributed by atoms with Gasteiger partial charge in [-0.05, 0) is 24.3 Å². The van der Waals surface area contributed by atoms with Gasteiger partial charge in [0.1, 0.15) is 11.9 Å². The summed E-state index contributed by atoms with van der Waals surface area (Å²) in [5, 5.41) is 11.3. The Bertz CT molecular complexity index is 650. The molecule has 0 saturated carbocycles. The molecule has 1 aromatic heterocycles. The molecule has 1 atom stereocenters. The number of aromatic nitrogens is 2. The van der Waals surface area contributed by atoms with Crippen LogP contribution in [0, 0.1) is 5.82 Å². The second-order valence-electron chi connectivity index (χ2n) is 4.10. The Balaban J connectivity index is 2.01. The molecule has 2 heterocycles. The zero-order valence-corrected chi connectivity index (χ0v) is 9.61. The number of halogens is 1. The number of amides is 3. The number of carbonyl (C=O) groups excluding carboxylic acids is 2. The van der Waals surface area contributed by atoms with Crippen molar-refractivity contribution in [2.24, 2.45) is 0 Å². The Kier molecular flexibility index (Phi) is 2.52. The molecule has 1 aromatic carbocycles. The van der Waals surface area contributed by atoms with Gasteiger partial charge in [-0.3, -0.25) is 15.2 Å². The third-order valence-corrected chi connectivity index (χ3v) is 2.89. The lowest BCUT2D eigenvalue weighted by atomic mass is 10.0. The molecular formula is C12H9FN4O2. The topological polar surface area (TPSA) is 86.9 Å². The number of H-pyrrole nitrogens is 1. The summed E-state index contributed by atoms with van der Waals surface area (Å²) in [6.07, 6.45) is 1.47. The van der Waals surface area contributed by atoms with Crippen molar-refractivity contribution in [3.63, 3.8) is 0 Å². The van der Waals surface area contributed by atoms with E-state index in [1.54, 1.807) is 12.1 Å². The van der Waals surface area contributed by atoms with Crippen molar-refractivity contribution in [3.05, 3.63) is 41.8 Å². The highest BCUT2D eigenvalue weighted by Crippen LogP contribution is 2.27. The van der Waals surface area contributed by atoms with Crippen LogP contribution < -0.4 is 10.6 Å². The fraction of sp³-hybridized carbons (Fsp3) is 0.0833. The number of hydrogen-bond donors (Lipinski definition) is 3. The average molecular weight is 260 g/mol. The Hall–Kier alpha value is -2.70. The van der Waals surface area contributed by atoms with Gasteiger partial charge in [0.2, 0.25) is 0 Å². The molecule has 3 amide bonds. The molecule has 1 fully saturated rings. The molecule has 3 rings (SSSR count). The van der Waals surface area contributed by atoms with Gasteiger partial charge in [0.25, 0.3) is 5.91 Å². The quantitative estimate of drug-likeness (QED) is 0.706. The molecule has 7 heteroatoms. The molecule has 1 aliphatic heterocycles. The number of carbonyl (C=O) groups is 2. The van der Waals surface area contributed by atoms with Gasteiger partial charge in [0.05, 0.1) is 11.9 Å². The zero-order chi connectivity index (χ0) is 13.4. The monoisotopic (exact) mass is 260 g/mol. The Morgan fingerprint density at radius 2 is 1.89 bits per heavy atom. The standard InChI is InChI=1S/C12H9FN4O2/c13-7-3-1-6(2-4-7)9-8(5-14-17-9)10-11(18)16-12(19)15-10/h1-5,10H,(H,14,17)(H2,15,16,18,19). The van der Waals surface area contributed by atoms with E-state index < -0.39 is 18.0 Å². The number of nitrogens with zero attached hydrogens (tertiary/aromatic N) is 1. The van der Waals surface area contributed by atoms with Gasteiger partial charge < -0.3 is 5.32 Å². The SMILES string of the molecule is O=C1NC(=O)C(c2cn[nH]c2-c2ccc(F)cc2)N1. The van der Waals surface area contributed by atoms with Gasteiger partial charge in [0, 0.05) is 11.1 Å². The van der Waals surface area contributed by atoms with Crippen molar-refractivity contribution in [1.82, 2.24) is 20.8 Å². The number of nitrogens with one attached hydrogen (secondary N) is 3. The number of hydrogen-bond acceptors (Lipinski definition) is 3. The second kappa shape index (κ2) is 4.20. The Morgan fingerprint density at radius 1 is 1.16 bits per heavy atom. The number of imide groups is 1. The summed E-state index contributed by atoms with van der Waals surface area (Å²) >= 11 is 0. The van der Waals surface area contributed by atoms with Gasteiger partial charge in [-0.1, -0.05) is 0 Å². The maximum atomic E-state index is 12.9. The third-order valence-electron chi connectivity index (χ3n) is 2.89. The van der Waals surface area contributed by atoms with Crippen molar-refractivity contribution in [2.45, 2.75) is 6.04 Å². The van der Waals surface area contributed by atoms with Gasteiger partial charge in [0.15, 0.2) is 0 Å². The highest BCUT2D eigenvalue weighted by Gasteiger charge is 2.33. The van der Waals surface area contributed by atoms with Crippen LogP contribution in [0.15, 0.2) is 30.5 Å². The van der Waals surface area contributed by atoms with E-state index in [-0.39, 0.29) is 5.82 Å². The molecule has 0 bridgehead atoms. The smallest absolute Gasteiger partial charge is 0.322 e. The van der Waals surface area contributed by atoms with E-state index in [9.17, 15) is 14.0 Å². The summed E-state index contributed by atoms with van der Waals surface area (Å²) < 4.78 is 12.9. The van der Waals surface area contributed by atoms with E-state index in [4.69, 9.17) is 0 Å². The summed E-state index contributed by atoms with van der Waals surface area (Å²) in [5.74, 6) is -0.786. The molecule has 1 unspecified atom stereocenters. The highest BCUT2D eigenvalue weighted by molar-refractivity contribution is 6.05. The molecule has 0 radical (unpaired) electrons. The largest absolute Gasteiger partial charge is 0.322 e. The summed E-state index contributed by atoms with van der Waals surface area (Å²) in [6, 6.07) is 4.44. The molecule has 19 heavy (non-hydrogen) atoms. The second-order valence-corrected chi connectivity index (χ2v) is 4.10. The van der Waals surface area contributed by atoms with Crippen LogP contribution in [0.4, 0.5) is 9.18 Å². The van der Waals surface area contributed by atoms with Crippen LogP contribution in [-0.4, -0.2) is 22.1 Å². The molecule has 1 saturated heterocycles. The third kappa shape index (κ3) is 1.95. The predicted octanol–water partition coefficient (Wildman–Crippen LogP) is 1.10. The van der Waals surface area contributed by atoms with Crippen molar-refractivity contribution >= 4 is 11.9 Å². The van der Waals surface area contributed by atoms with Crippen molar-refractivity contribution < 1.29 is 14.0 Å². The molecule has 0 aliphatic carbocycles. The van der Waals surface area contributed by atoms with Crippen LogP contribution >= 0.6 is 0 Å². The lowest BCUT2D eigenvalue weighted by Gasteiger charge is -2.08. The van der Waals surface area contributed by atoms with Crippen molar-refractivity contribution in [2.75, 3.05) is 0 Å². The minimum Gasteiger partial charge on any atom is -0.322 e. The molecule has 1 aliphatic rings. The molecule has 96 valence electrons. The first kappa shape index (κ1) is 11.4. The number of rotatable bonds is 2. The van der Waals surface area contributed by atoms with E-state index >= 15 is 0 Å². The molecular weight excluding hydrogens is 251 g/mol. The predicted molar refractivity (Wildman–Crippen MR) is 63.4 cm³/mol. The minimum absolute atomic E-state index is 0.350. The summed E-state index contributed by atoms with van der Waals surface area (Å²) in [4.78, 5) is 22.8. The molecule has 3 N–H and O–H groups in total. The summed E-state index contributed by atoms with van der Waals surface area (Å²) in [5.41, 5.74) is 1.79. The first-order valence-electron chi connectivity index (χ1n) is 5.56. The molecule has 6 nitrogen and oxygen atoms in total. The lowest BCUT2D eigenvalue weighted by Crippen LogP contribution is -2.22. The first-order valence-corrected chi connectivity index (χ1v) is 5.56. The normalized spacial score (nSPS) is 18.3. The minimum atomic E-state index is -0.786. The van der Waals surface area contributed by atoms with E-state index in [0.717, 1.165) is 0 Å². The zero-order valence-electron chi connectivity index (χ0n) is 9.61. The van der Waals surface area contributed by atoms with E-state index in [1.165, 1.54) is 18.3 Å². The number of aromatic amines is 1. The van der Waals surface area contributed by atoms with Gasteiger partial charge >= 0.3 is 6.03 Å². The maximum Gasteiger partial charge on any atom is 0.322 e. The van der Waals surface area contributed by atoms with Gasteiger partial charge in [-0.15, -0.1) is 0 Å². The fourth-order valence-electron chi connectivity index (χ4n) is 2.00. The Labute approximate surface area is 107 Å². The maximum absolute atomic E-state index is 12.9. The van der Waals surface area contributed by atoms with E-state index in [2.05, 4.69) is 20.8 Å². The van der Waals surface area contributed by atoms with Gasteiger partial charge in [-0.25, -0.2) is 9.18 Å². The van der Waals surface area contributed by atoms with Crippen molar-refractivity contribution in [3.8, 4) is 11.3 Å². The van der Waals surface area contributed by atoms with Gasteiger partial charge in [-0.2, -0.15) is 5.10 Å². The van der Waals surface area contributed by atoms with E-state index in [0.29, 0.717) is 16.8 Å². The van der Waals surface area contributed by atoms with Crippen LogP contribution in [0.25, 0.3) is 11.3 Å². The highest BCUT2D eigenvalue weighted by atomic mass is 19.1. The van der Waals surface area contributed by atoms with E-state index in [1.807, 2.05) is 0 Å². The van der Waals surface area contributed by atoms with Crippen LogP contribution in [0.1, 0.15) is 11.6 Å². The molecule has 2 aromatic rings. The summed E-state index contributed by atoms with van der Waals surface area (Å²) in [6.45, 7) is 0. The number of urea groups is 1. The van der Waals surface area contributed by atoms with Crippen LogP contribution in [0.3, 0.4) is 0 Å². The van der Waals surface area contributed by atoms with Crippen LogP contribution in [0.5, 0.6) is 0 Å².